The lowest BCUT2D eigenvalue weighted by Gasteiger charge is -2.27. The minimum Gasteiger partial charge on any atom is -0.469 e. The van der Waals surface area contributed by atoms with Gasteiger partial charge in [0.25, 0.3) is 0 Å². The summed E-state index contributed by atoms with van der Waals surface area (Å²) in [5.41, 5.74) is 0. The van der Waals surface area contributed by atoms with Crippen LogP contribution in [0.2, 0.25) is 0 Å². The molecule has 1 aromatic heterocycles. The first kappa shape index (κ1) is 14.5. The summed E-state index contributed by atoms with van der Waals surface area (Å²) in [6.07, 6.45) is 5.70. The highest BCUT2D eigenvalue weighted by Gasteiger charge is 2.18. The maximum atomic E-state index is 11.2. The summed E-state index contributed by atoms with van der Waals surface area (Å²) in [6.45, 7) is 3.26. The number of carbonyl (C=O) groups is 1. The van der Waals surface area contributed by atoms with Gasteiger partial charge in [0.15, 0.2) is 0 Å². The fourth-order valence-electron chi connectivity index (χ4n) is 2.69. The van der Waals surface area contributed by atoms with E-state index < -0.39 is 0 Å². The molecule has 0 amide bonds. The van der Waals surface area contributed by atoms with Crippen LogP contribution in [0.3, 0.4) is 0 Å². The van der Waals surface area contributed by atoms with Gasteiger partial charge in [-0.05, 0) is 30.9 Å². The maximum Gasteiger partial charge on any atom is 0.310 e. The van der Waals surface area contributed by atoms with Crippen molar-refractivity contribution in [2.24, 2.45) is 5.92 Å². The van der Waals surface area contributed by atoms with Gasteiger partial charge in [-0.25, -0.2) is 0 Å². The van der Waals surface area contributed by atoms with E-state index in [1.807, 2.05) is 6.07 Å². The van der Waals surface area contributed by atoms with Crippen LogP contribution in [0.4, 0.5) is 0 Å². The van der Waals surface area contributed by atoms with Crippen LogP contribution in [-0.2, 0) is 22.5 Å². The summed E-state index contributed by atoms with van der Waals surface area (Å²) >= 11 is 1.70. The Labute approximate surface area is 119 Å². The van der Waals surface area contributed by atoms with Gasteiger partial charge < -0.3 is 10.1 Å². The number of rotatable bonds is 5. The monoisotopic (exact) mass is 281 g/mol. The predicted molar refractivity (Wildman–Crippen MR) is 78.3 cm³/mol. The summed E-state index contributed by atoms with van der Waals surface area (Å²) in [5, 5.41) is 3.64. The van der Waals surface area contributed by atoms with Gasteiger partial charge in [-0.1, -0.05) is 19.8 Å². The molecule has 1 N–H and O–H groups in total. The molecule has 2 rings (SSSR count). The number of nitrogens with one attached hydrogen (secondary N) is 1. The van der Waals surface area contributed by atoms with Crippen LogP contribution in [-0.4, -0.2) is 19.1 Å². The molecule has 0 bridgehead atoms. The first-order valence-corrected chi connectivity index (χ1v) is 7.87. The molecule has 106 valence electrons. The summed E-state index contributed by atoms with van der Waals surface area (Å²) in [5.74, 6) is 0.687. The first-order chi connectivity index (χ1) is 9.17. The average molecular weight is 281 g/mol. The van der Waals surface area contributed by atoms with Gasteiger partial charge in [0.1, 0.15) is 0 Å². The molecule has 1 aliphatic carbocycles. The van der Waals surface area contributed by atoms with Crippen LogP contribution in [0.25, 0.3) is 0 Å². The minimum absolute atomic E-state index is 0.164. The van der Waals surface area contributed by atoms with Crippen LogP contribution < -0.4 is 5.32 Å². The zero-order valence-corrected chi connectivity index (χ0v) is 12.6. The van der Waals surface area contributed by atoms with Gasteiger partial charge >= 0.3 is 5.97 Å². The summed E-state index contributed by atoms with van der Waals surface area (Å²) in [4.78, 5) is 13.6. The van der Waals surface area contributed by atoms with Gasteiger partial charge in [-0.3, -0.25) is 4.79 Å². The maximum absolute atomic E-state index is 11.2. The molecule has 1 saturated carbocycles. The quantitative estimate of drug-likeness (QED) is 0.843. The van der Waals surface area contributed by atoms with Crippen LogP contribution in [0, 0.1) is 5.92 Å². The average Bonchev–Trinajstić information content (AvgIpc) is 2.84. The molecule has 2 unspecified atom stereocenters. The minimum atomic E-state index is -0.164. The van der Waals surface area contributed by atoms with Gasteiger partial charge in [0.05, 0.1) is 13.5 Å². The Morgan fingerprint density at radius 2 is 2.21 bits per heavy atom. The molecule has 1 aliphatic rings. The number of thiophene rings is 1. The van der Waals surface area contributed by atoms with Crippen molar-refractivity contribution in [2.75, 3.05) is 7.11 Å². The second-order valence-electron chi connectivity index (χ2n) is 5.47. The van der Waals surface area contributed by atoms with Gasteiger partial charge in [-0.15, -0.1) is 11.3 Å². The Morgan fingerprint density at radius 3 is 2.95 bits per heavy atom. The smallest absolute Gasteiger partial charge is 0.310 e. The van der Waals surface area contributed by atoms with Crippen molar-refractivity contribution in [2.45, 2.75) is 51.6 Å². The van der Waals surface area contributed by atoms with Crippen molar-refractivity contribution >= 4 is 17.3 Å². The fraction of sp³-hybridized carbons (Fsp3) is 0.667. The normalized spacial score (nSPS) is 23.3. The molecule has 0 aromatic carbocycles. The van der Waals surface area contributed by atoms with E-state index in [1.165, 1.54) is 37.7 Å². The Hall–Kier alpha value is -0.870. The molecule has 1 fully saturated rings. The van der Waals surface area contributed by atoms with E-state index in [0.29, 0.717) is 12.5 Å². The molecule has 0 saturated heterocycles. The molecule has 0 aliphatic heterocycles. The Morgan fingerprint density at radius 1 is 1.42 bits per heavy atom. The number of hydrogen-bond acceptors (Lipinski definition) is 4. The molecule has 4 heteroatoms. The van der Waals surface area contributed by atoms with Crippen LogP contribution in [0.1, 0.15) is 42.4 Å². The number of carbonyl (C=O) groups excluding carboxylic acids is 1. The third-order valence-electron chi connectivity index (χ3n) is 3.76. The van der Waals surface area contributed by atoms with E-state index in [1.54, 1.807) is 11.3 Å². The molecular formula is C15H23NO2S. The molecule has 19 heavy (non-hydrogen) atoms. The fourth-order valence-corrected chi connectivity index (χ4v) is 3.65. The molecule has 0 radical (unpaired) electrons. The second kappa shape index (κ2) is 7.06. The van der Waals surface area contributed by atoms with E-state index >= 15 is 0 Å². The summed E-state index contributed by atoms with van der Waals surface area (Å²) in [6, 6.07) is 4.81. The van der Waals surface area contributed by atoms with Crippen molar-refractivity contribution in [1.29, 1.82) is 0 Å². The van der Waals surface area contributed by atoms with Crippen LogP contribution in [0.15, 0.2) is 12.1 Å². The highest BCUT2D eigenvalue weighted by Crippen LogP contribution is 2.24. The van der Waals surface area contributed by atoms with Crippen molar-refractivity contribution in [3.63, 3.8) is 0 Å². The van der Waals surface area contributed by atoms with Gasteiger partial charge in [0.2, 0.25) is 0 Å². The van der Waals surface area contributed by atoms with Crippen molar-refractivity contribution in [3.05, 3.63) is 21.9 Å². The predicted octanol–water partition coefficient (Wildman–Crippen LogP) is 3.13. The third-order valence-corrected chi connectivity index (χ3v) is 4.85. The van der Waals surface area contributed by atoms with Crippen LogP contribution >= 0.6 is 11.3 Å². The number of methoxy groups -OCH3 is 1. The zero-order chi connectivity index (χ0) is 13.7. The second-order valence-corrected chi connectivity index (χ2v) is 6.72. The Balaban J connectivity index is 1.78. The Bertz CT molecular complexity index is 416. The van der Waals surface area contributed by atoms with Crippen molar-refractivity contribution < 1.29 is 9.53 Å². The molecule has 1 heterocycles. The largest absolute Gasteiger partial charge is 0.469 e. The van der Waals surface area contributed by atoms with Crippen molar-refractivity contribution in [1.82, 2.24) is 5.32 Å². The van der Waals surface area contributed by atoms with E-state index in [2.05, 4.69) is 23.0 Å². The lowest BCUT2D eigenvalue weighted by molar-refractivity contribution is -0.139. The Kier molecular flexibility index (Phi) is 5.40. The number of ether oxygens (including phenoxy) is 1. The van der Waals surface area contributed by atoms with E-state index in [9.17, 15) is 4.79 Å². The zero-order valence-electron chi connectivity index (χ0n) is 11.8. The van der Waals surface area contributed by atoms with Gasteiger partial charge in [-0.2, -0.15) is 0 Å². The SMILES string of the molecule is COC(=O)Cc1ccc(CNC2CCCC(C)C2)s1. The van der Waals surface area contributed by atoms with E-state index in [4.69, 9.17) is 0 Å². The highest BCUT2D eigenvalue weighted by molar-refractivity contribution is 7.12. The molecule has 3 nitrogen and oxygen atoms in total. The number of esters is 1. The summed E-state index contributed by atoms with van der Waals surface area (Å²) in [7, 11) is 1.43. The van der Waals surface area contributed by atoms with Crippen molar-refractivity contribution in [3.8, 4) is 0 Å². The molecular weight excluding hydrogens is 258 g/mol. The lowest BCUT2D eigenvalue weighted by Crippen LogP contribution is -2.32. The van der Waals surface area contributed by atoms with Crippen LogP contribution in [0.5, 0.6) is 0 Å². The summed E-state index contributed by atoms with van der Waals surface area (Å²) < 4.78 is 4.68. The lowest BCUT2D eigenvalue weighted by atomic mass is 9.87. The van der Waals surface area contributed by atoms with Gasteiger partial charge in [0, 0.05) is 22.3 Å². The third kappa shape index (κ3) is 4.62. The van der Waals surface area contributed by atoms with E-state index in [-0.39, 0.29) is 5.97 Å². The number of hydrogen-bond donors (Lipinski definition) is 1. The highest BCUT2D eigenvalue weighted by atomic mass is 32.1. The topological polar surface area (TPSA) is 38.3 Å². The first-order valence-electron chi connectivity index (χ1n) is 7.05. The van der Waals surface area contributed by atoms with E-state index in [0.717, 1.165) is 17.3 Å². The molecule has 0 spiro atoms. The molecule has 2 atom stereocenters. The molecule has 1 aromatic rings. The standard InChI is InChI=1S/C15H23NO2S/c1-11-4-3-5-12(8-11)16-10-14-7-6-13(19-14)9-15(17)18-2/h6-7,11-12,16H,3-5,8-10H2,1-2H3.